The Labute approximate surface area is 136 Å². The highest BCUT2D eigenvalue weighted by Gasteiger charge is 2.28. The molecule has 4 nitrogen and oxygen atoms in total. The highest BCUT2D eigenvalue weighted by Crippen LogP contribution is 2.30. The molecule has 2 heterocycles. The van der Waals surface area contributed by atoms with E-state index in [1.54, 1.807) is 0 Å². The highest BCUT2D eigenvalue weighted by molar-refractivity contribution is 7.12. The van der Waals surface area contributed by atoms with Gasteiger partial charge in [0, 0.05) is 24.9 Å². The van der Waals surface area contributed by atoms with Crippen LogP contribution < -0.4 is 0 Å². The summed E-state index contributed by atoms with van der Waals surface area (Å²) in [7, 11) is 0. The number of amides is 1. The van der Waals surface area contributed by atoms with Crippen LogP contribution in [-0.4, -0.2) is 42.9 Å². The predicted octanol–water partition coefficient (Wildman–Crippen LogP) is 3.38. The Morgan fingerprint density at radius 3 is 2.64 bits per heavy atom. The minimum atomic E-state index is -0.354. The lowest BCUT2D eigenvalue weighted by Gasteiger charge is -2.27. The number of nitrogens with zero attached hydrogens (tertiary/aromatic N) is 1. The number of ketones is 1. The summed E-state index contributed by atoms with van der Waals surface area (Å²) >= 11 is 1.50. The Morgan fingerprint density at radius 2 is 2.00 bits per heavy atom. The maximum absolute atomic E-state index is 12.4. The Bertz CT molecular complexity index is 490. The Hall–Kier alpha value is -1.20. The topological polar surface area (TPSA) is 46.6 Å². The Balaban J connectivity index is 1.71. The second-order valence-corrected chi connectivity index (χ2v) is 7.34. The second-order valence-electron chi connectivity index (χ2n) is 6.39. The summed E-state index contributed by atoms with van der Waals surface area (Å²) in [6.07, 6.45) is 3.14. The van der Waals surface area contributed by atoms with Gasteiger partial charge >= 0.3 is 0 Å². The molecule has 1 saturated heterocycles. The molecule has 1 aromatic rings. The SMILES string of the molecule is CC(C)(CCCCC(=O)N1CCOCC1)C(=O)c1cccs1. The predicted molar refractivity (Wildman–Crippen MR) is 88.3 cm³/mol. The van der Waals surface area contributed by atoms with Crippen molar-refractivity contribution in [1.29, 1.82) is 0 Å². The van der Waals surface area contributed by atoms with Crippen molar-refractivity contribution in [2.24, 2.45) is 5.41 Å². The zero-order valence-electron chi connectivity index (χ0n) is 13.5. The molecule has 122 valence electrons. The number of unbranched alkanes of at least 4 members (excludes halogenated alkanes) is 1. The number of hydrogen-bond donors (Lipinski definition) is 0. The van der Waals surface area contributed by atoms with E-state index in [0.29, 0.717) is 32.7 Å². The van der Waals surface area contributed by atoms with Gasteiger partial charge in [0.1, 0.15) is 0 Å². The maximum atomic E-state index is 12.4. The van der Waals surface area contributed by atoms with Crippen LogP contribution in [0.25, 0.3) is 0 Å². The molecule has 5 heteroatoms. The molecule has 1 amide bonds. The smallest absolute Gasteiger partial charge is 0.222 e. The van der Waals surface area contributed by atoms with Gasteiger partial charge in [-0.05, 0) is 24.3 Å². The van der Waals surface area contributed by atoms with Crippen LogP contribution in [0.5, 0.6) is 0 Å². The van der Waals surface area contributed by atoms with E-state index in [4.69, 9.17) is 4.74 Å². The molecule has 1 aromatic heterocycles. The largest absolute Gasteiger partial charge is 0.378 e. The van der Waals surface area contributed by atoms with E-state index < -0.39 is 0 Å². The van der Waals surface area contributed by atoms with Crippen LogP contribution in [-0.2, 0) is 9.53 Å². The van der Waals surface area contributed by atoms with E-state index in [-0.39, 0.29) is 17.1 Å². The van der Waals surface area contributed by atoms with Crippen LogP contribution in [0.15, 0.2) is 17.5 Å². The van der Waals surface area contributed by atoms with E-state index in [1.807, 2.05) is 36.3 Å². The zero-order valence-corrected chi connectivity index (χ0v) is 14.3. The molecule has 0 atom stereocenters. The van der Waals surface area contributed by atoms with Crippen LogP contribution >= 0.6 is 11.3 Å². The molecular weight excluding hydrogens is 298 g/mol. The van der Waals surface area contributed by atoms with Gasteiger partial charge in [-0.1, -0.05) is 26.3 Å². The minimum Gasteiger partial charge on any atom is -0.378 e. The summed E-state index contributed by atoms with van der Waals surface area (Å²) in [6, 6.07) is 3.80. The maximum Gasteiger partial charge on any atom is 0.222 e. The lowest BCUT2D eigenvalue weighted by Crippen LogP contribution is -2.40. The molecule has 1 aliphatic rings. The summed E-state index contributed by atoms with van der Waals surface area (Å²) < 4.78 is 5.25. The normalized spacial score (nSPS) is 15.8. The highest BCUT2D eigenvalue weighted by atomic mass is 32.1. The lowest BCUT2D eigenvalue weighted by atomic mass is 9.82. The first-order valence-electron chi connectivity index (χ1n) is 7.94. The van der Waals surface area contributed by atoms with Gasteiger partial charge in [-0.2, -0.15) is 0 Å². The Kier molecular flexibility index (Phi) is 6.15. The van der Waals surface area contributed by atoms with Gasteiger partial charge in [-0.15, -0.1) is 11.3 Å². The molecular formula is C17H25NO3S. The van der Waals surface area contributed by atoms with Crippen molar-refractivity contribution in [3.63, 3.8) is 0 Å². The van der Waals surface area contributed by atoms with Gasteiger partial charge in [0.25, 0.3) is 0 Å². The average Bonchev–Trinajstić information content (AvgIpc) is 3.05. The van der Waals surface area contributed by atoms with Gasteiger partial charge in [-0.3, -0.25) is 9.59 Å². The number of ether oxygens (including phenoxy) is 1. The fraction of sp³-hybridized carbons (Fsp3) is 0.647. The third kappa shape index (κ3) is 4.65. The fourth-order valence-electron chi connectivity index (χ4n) is 2.67. The number of thiophene rings is 1. The number of hydrogen-bond acceptors (Lipinski definition) is 4. The minimum absolute atomic E-state index is 0.210. The van der Waals surface area contributed by atoms with E-state index in [1.165, 1.54) is 11.3 Å². The second kappa shape index (κ2) is 7.88. The third-order valence-corrected chi connectivity index (χ3v) is 5.03. The molecule has 0 spiro atoms. The monoisotopic (exact) mass is 323 g/mol. The third-order valence-electron chi connectivity index (χ3n) is 4.17. The Morgan fingerprint density at radius 1 is 1.27 bits per heavy atom. The summed E-state index contributed by atoms with van der Waals surface area (Å²) in [5, 5.41) is 1.93. The van der Waals surface area contributed by atoms with E-state index in [0.717, 1.165) is 24.1 Å². The van der Waals surface area contributed by atoms with Gasteiger partial charge in [0.15, 0.2) is 5.78 Å². The summed E-state index contributed by atoms with van der Waals surface area (Å²) in [6.45, 7) is 6.71. The molecule has 1 fully saturated rings. The van der Waals surface area contributed by atoms with Crippen molar-refractivity contribution >= 4 is 23.0 Å². The van der Waals surface area contributed by atoms with Crippen molar-refractivity contribution in [3.05, 3.63) is 22.4 Å². The molecule has 0 saturated carbocycles. The molecule has 0 aliphatic carbocycles. The molecule has 1 aliphatic heterocycles. The summed E-state index contributed by atoms with van der Waals surface area (Å²) in [4.78, 5) is 27.2. The first-order valence-corrected chi connectivity index (χ1v) is 8.82. The van der Waals surface area contributed by atoms with E-state index in [2.05, 4.69) is 0 Å². The zero-order chi connectivity index (χ0) is 16.0. The standard InChI is InChI=1S/C17H25NO3S/c1-17(2,16(20)14-6-5-13-22-14)8-4-3-7-15(19)18-9-11-21-12-10-18/h5-6,13H,3-4,7-12H2,1-2H3. The van der Waals surface area contributed by atoms with Crippen LogP contribution in [0.4, 0.5) is 0 Å². The van der Waals surface area contributed by atoms with E-state index >= 15 is 0 Å². The molecule has 0 N–H and O–H groups in total. The van der Waals surface area contributed by atoms with Gasteiger partial charge in [0.05, 0.1) is 18.1 Å². The number of rotatable bonds is 7. The van der Waals surface area contributed by atoms with Crippen molar-refractivity contribution in [2.75, 3.05) is 26.3 Å². The van der Waals surface area contributed by atoms with E-state index in [9.17, 15) is 9.59 Å². The molecule has 0 aromatic carbocycles. The molecule has 0 bridgehead atoms. The lowest BCUT2D eigenvalue weighted by molar-refractivity contribution is -0.135. The number of carbonyl (C=O) groups is 2. The van der Waals surface area contributed by atoms with Crippen molar-refractivity contribution in [1.82, 2.24) is 4.90 Å². The molecule has 0 unspecified atom stereocenters. The van der Waals surface area contributed by atoms with Crippen molar-refractivity contribution in [2.45, 2.75) is 39.5 Å². The average molecular weight is 323 g/mol. The number of morpholine rings is 1. The summed E-state index contributed by atoms with van der Waals surface area (Å²) in [5.41, 5.74) is -0.354. The van der Waals surface area contributed by atoms with Crippen molar-refractivity contribution < 1.29 is 14.3 Å². The van der Waals surface area contributed by atoms with Gasteiger partial charge in [0.2, 0.25) is 5.91 Å². The van der Waals surface area contributed by atoms with Crippen LogP contribution in [0.2, 0.25) is 0 Å². The number of carbonyl (C=O) groups excluding carboxylic acids is 2. The quantitative estimate of drug-likeness (QED) is 0.571. The first-order chi connectivity index (χ1) is 10.5. The van der Waals surface area contributed by atoms with Crippen molar-refractivity contribution in [3.8, 4) is 0 Å². The fourth-order valence-corrected chi connectivity index (χ4v) is 3.51. The van der Waals surface area contributed by atoms with Crippen LogP contribution in [0.1, 0.15) is 49.2 Å². The molecule has 2 rings (SSSR count). The van der Waals surface area contributed by atoms with Gasteiger partial charge < -0.3 is 9.64 Å². The van der Waals surface area contributed by atoms with Gasteiger partial charge in [-0.25, -0.2) is 0 Å². The summed E-state index contributed by atoms with van der Waals surface area (Å²) in [5.74, 6) is 0.424. The van der Waals surface area contributed by atoms with Crippen LogP contribution in [0, 0.1) is 5.41 Å². The molecule has 22 heavy (non-hydrogen) atoms. The van der Waals surface area contributed by atoms with Crippen LogP contribution in [0.3, 0.4) is 0 Å². The molecule has 0 radical (unpaired) electrons. The first kappa shape index (κ1) is 17.2. The number of Topliss-reactive ketones (excluding diaryl/α,β-unsaturated/α-hetero) is 1.